The number of hydrogen-bond donors (Lipinski definition) is 3. The molecule has 2 aliphatic rings. The van der Waals surface area contributed by atoms with Crippen molar-refractivity contribution in [3.8, 4) is 17.3 Å². The fraction of sp³-hybridized carbons (Fsp3) is 0.514. The zero-order chi connectivity index (χ0) is 31.9. The van der Waals surface area contributed by atoms with Gasteiger partial charge < -0.3 is 20.2 Å². The molecule has 0 radical (unpaired) electrons. The number of nitrogens with one attached hydrogen (secondary N) is 2. The van der Waals surface area contributed by atoms with Gasteiger partial charge in [-0.2, -0.15) is 5.26 Å². The molecule has 0 spiro atoms. The SMILES string of the molecule is Cc1c(CN2CC(C)OC(C)C2)cccc1Nc1nccc(-c2cc(C#N)c3c(c2)[C@@](C)(CCC(C)(C)[Si](C)(C)O)CN3)n1. The van der Waals surface area contributed by atoms with E-state index in [1.807, 2.05) is 25.2 Å². The van der Waals surface area contributed by atoms with Crippen LogP contribution in [0.15, 0.2) is 42.6 Å². The van der Waals surface area contributed by atoms with Crippen LogP contribution in [0, 0.1) is 18.3 Å². The van der Waals surface area contributed by atoms with Gasteiger partial charge in [-0.3, -0.25) is 4.90 Å². The normalized spacial score (nSPS) is 22.3. The van der Waals surface area contributed by atoms with E-state index in [-0.39, 0.29) is 22.7 Å². The third kappa shape index (κ3) is 6.69. The molecule has 3 aromatic rings. The monoisotopic (exact) mass is 612 g/mol. The molecule has 0 saturated carbocycles. The number of rotatable bonds is 9. The molecule has 2 aromatic carbocycles. The van der Waals surface area contributed by atoms with E-state index >= 15 is 0 Å². The third-order valence-electron chi connectivity index (χ3n) is 10.1. The fourth-order valence-electron chi connectivity index (χ4n) is 6.39. The summed E-state index contributed by atoms with van der Waals surface area (Å²) in [6.45, 7) is 20.5. The molecule has 2 aliphatic heterocycles. The molecular weight excluding hydrogens is 565 g/mol. The first-order chi connectivity index (χ1) is 20.7. The number of nitriles is 1. The van der Waals surface area contributed by atoms with E-state index < -0.39 is 8.32 Å². The zero-order valence-corrected chi connectivity index (χ0v) is 28.6. The lowest BCUT2D eigenvalue weighted by Gasteiger charge is -2.38. The second-order valence-corrected chi connectivity index (χ2v) is 18.8. The largest absolute Gasteiger partial charge is 0.432 e. The molecular formula is C35H48N6O2Si. The average Bonchev–Trinajstić information content (AvgIpc) is 3.29. The van der Waals surface area contributed by atoms with Gasteiger partial charge in [-0.25, -0.2) is 9.97 Å². The topological polar surface area (TPSA) is 106 Å². The minimum absolute atomic E-state index is 0.115. The molecule has 2 unspecified atom stereocenters. The van der Waals surface area contributed by atoms with Crippen LogP contribution in [-0.4, -0.2) is 59.8 Å². The molecule has 1 saturated heterocycles. The lowest BCUT2D eigenvalue weighted by Crippen LogP contribution is -2.44. The highest BCUT2D eigenvalue weighted by atomic mass is 28.4. The highest BCUT2D eigenvalue weighted by Gasteiger charge is 2.42. The van der Waals surface area contributed by atoms with Gasteiger partial charge in [0.25, 0.3) is 0 Å². The molecule has 9 heteroatoms. The van der Waals surface area contributed by atoms with Gasteiger partial charge in [0.15, 0.2) is 8.32 Å². The summed E-state index contributed by atoms with van der Waals surface area (Å²) in [4.78, 5) is 22.8. The number of ether oxygens (including phenoxy) is 1. The zero-order valence-electron chi connectivity index (χ0n) is 27.6. The maximum atomic E-state index is 10.9. The van der Waals surface area contributed by atoms with Crippen molar-refractivity contribution in [1.82, 2.24) is 14.9 Å². The number of benzene rings is 2. The predicted octanol–water partition coefficient (Wildman–Crippen LogP) is 7.12. The van der Waals surface area contributed by atoms with E-state index in [1.165, 1.54) is 11.1 Å². The summed E-state index contributed by atoms with van der Waals surface area (Å²) in [5, 5.41) is 17.0. The molecule has 0 amide bonds. The Hall–Kier alpha value is -3.29. The van der Waals surface area contributed by atoms with Crippen molar-refractivity contribution < 1.29 is 9.53 Å². The molecule has 0 aliphatic carbocycles. The molecule has 3 atom stereocenters. The third-order valence-corrected chi connectivity index (χ3v) is 13.6. The van der Waals surface area contributed by atoms with Crippen LogP contribution in [0.2, 0.25) is 18.1 Å². The molecule has 3 heterocycles. The predicted molar refractivity (Wildman–Crippen MR) is 181 cm³/mol. The highest BCUT2D eigenvalue weighted by Crippen LogP contribution is 2.48. The number of anilines is 3. The van der Waals surface area contributed by atoms with E-state index in [0.29, 0.717) is 11.5 Å². The van der Waals surface area contributed by atoms with Crippen LogP contribution >= 0.6 is 0 Å². The van der Waals surface area contributed by atoms with Gasteiger partial charge in [0.2, 0.25) is 5.95 Å². The summed E-state index contributed by atoms with van der Waals surface area (Å²) in [6.07, 6.45) is 4.06. The molecule has 44 heavy (non-hydrogen) atoms. The standard InChI is InChI=1S/C35H48N6O2Si/c1-23-19-41(20-24(2)43-23)21-26-10-9-11-30(25(26)3)39-33-37-15-12-31(40-33)27-16-28(18-36)32-29(17-27)35(6,22-38-32)14-13-34(4,5)44(7,8)42/h9-12,15-17,23-24,38,42H,13-14,19-22H2,1-8H3,(H,37,39,40)/t23?,24?,35-/m0/s1. The second-order valence-electron chi connectivity index (χ2n) is 14.3. The Labute approximate surface area is 264 Å². The van der Waals surface area contributed by atoms with Gasteiger partial charge in [0.1, 0.15) is 6.07 Å². The van der Waals surface area contributed by atoms with Gasteiger partial charge in [-0.15, -0.1) is 0 Å². The average molecular weight is 613 g/mol. The molecule has 1 fully saturated rings. The first-order valence-electron chi connectivity index (χ1n) is 15.8. The smallest absolute Gasteiger partial charge is 0.227 e. The molecule has 1 aromatic heterocycles. The lowest BCUT2D eigenvalue weighted by atomic mass is 9.77. The van der Waals surface area contributed by atoms with Gasteiger partial charge in [-0.05, 0) is 92.7 Å². The summed E-state index contributed by atoms with van der Waals surface area (Å²) >= 11 is 0. The number of morpholine rings is 1. The van der Waals surface area contributed by atoms with Gasteiger partial charge in [0, 0.05) is 49.0 Å². The molecule has 5 rings (SSSR count). The van der Waals surface area contributed by atoms with E-state index in [9.17, 15) is 10.1 Å². The van der Waals surface area contributed by atoms with Crippen molar-refractivity contribution in [3.63, 3.8) is 0 Å². The van der Waals surface area contributed by atoms with E-state index in [1.54, 1.807) is 6.20 Å². The van der Waals surface area contributed by atoms with E-state index in [2.05, 4.69) is 92.4 Å². The summed E-state index contributed by atoms with van der Waals surface area (Å²) in [6, 6.07) is 14.8. The van der Waals surface area contributed by atoms with Crippen LogP contribution < -0.4 is 10.6 Å². The summed E-state index contributed by atoms with van der Waals surface area (Å²) in [5.74, 6) is 0.521. The first-order valence-corrected chi connectivity index (χ1v) is 18.8. The van der Waals surface area contributed by atoms with Gasteiger partial charge in [-0.1, -0.05) is 32.9 Å². The van der Waals surface area contributed by atoms with Crippen LogP contribution in [0.1, 0.15) is 69.7 Å². The number of aromatic nitrogens is 2. The molecule has 8 nitrogen and oxygen atoms in total. The summed E-state index contributed by atoms with van der Waals surface area (Å²) in [5.41, 5.74) is 7.63. The van der Waals surface area contributed by atoms with Gasteiger partial charge >= 0.3 is 0 Å². The van der Waals surface area contributed by atoms with Crippen molar-refractivity contribution in [2.24, 2.45) is 0 Å². The van der Waals surface area contributed by atoms with Crippen molar-refractivity contribution in [2.75, 3.05) is 30.3 Å². The van der Waals surface area contributed by atoms with Crippen molar-refractivity contribution in [3.05, 3.63) is 64.8 Å². The van der Waals surface area contributed by atoms with E-state index in [4.69, 9.17) is 9.72 Å². The fourth-order valence-corrected chi connectivity index (χ4v) is 7.12. The first kappa shape index (κ1) is 32.1. The molecule has 234 valence electrons. The molecule has 3 N–H and O–H groups in total. The molecule has 0 bridgehead atoms. The Balaban J connectivity index is 1.39. The van der Waals surface area contributed by atoms with Crippen LogP contribution in [-0.2, 0) is 16.7 Å². The lowest BCUT2D eigenvalue weighted by molar-refractivity contribution is -0.0705. The van der Waals surface area contributed by atoms with Crippen molar-refractivity contribution in [1.29, 1.82) is 5.26 Å². The number of hydrogen-bond acceptors (Lipinski definition) is 8. The van der Waals surface area contributed by atoms with Crippen LogP contribution in [0.5, 0.6) is 0 Å². The second kappa shape index (κ2) is 12.2. The van der Waals surface area contributed by atoms with Crippen LogP contribution in [0.25, 0.3) is 11.3 Å². The maximum absolute atomic E-state index is 10.9. The Morgan fingerprint density at radius 1 is 1.20 bits per heavy atom. The van der Waals surface area contributed by atoms with Crippen LogP contribution in [0.4, 0.5) is 17.3 Å². The number of nitrogens with zero attached hydrogens (tertiary/aromatic N) is 4. The van der Waals surface area contributed by atoms with Crippen LogP contribution in [0.3, 0.4) is 0 Å². The summed E-state index contributed by atoms with van der Waals surface area (Å²) < 4.78 is 5.92. The number of fused-ring (bicyclic) bond motifs is 1. The Bertz CT molecular complexity index is 1550. The quantitative estimate of drug-likeness (QED) is 0.219. The minimum Gasteiger partial charge on any atom is -0.432 e. The van der Waals surface area contributed by atoms with Crippen molar-refractivity contribution in [2.45, 2.75) is 96.7 Å². The minimum atomic E-state index is -2.33. The highest BCUT2D eigenvalue weighted by molar-refractivity contribution is 6.72. The Morgan fingerprint density at radius 2 is 1.93 bits per heavy atom. The van der Waals surface area contributed by atoms with Crippen molar-refractivity contribution >= 4 is 25.6 Å². The Morgan fingerprint density at radius 3 is 2.61 bits per heavy atom. The van der Waals surface area contributed by atoms with Gasteiger partial charge in [0.05, 0.1) is 29.2 Å². The van der Waals surface area contributed by atoms with E-state index in [0.717, 1.165) is 67.2 Å². The maximum Gasteiger partial charge on any atom is 0.227 e. The Kier molecular flexibility index (Phi) is 8.93. The summed E-state index contributed by atoms with van der Waals surface area (Å²) in [7, 11) is -2.33.